The molecule has 0 spiro atoms. The Morgan fingerprint density at radius 3 is 2.20 bits per heavy atom. The Kier molecular flexibility index (Phi) is 5.49. The van der Waals surface area contributed by atoms with E-state index >= 15 is 0 Å². The summed E-state index contributed by atoms with van der Waals surface area (Å²) in [5, 5.41) is 4.04. The van der Waals surface area contributed by atoms with Gasteiger partial charge in [0.15, 0.2) is 0 Å². The third-order valence-corrected chi connectivity index (χ3v) is 5.93. The molecule has 0 bridgehead atoms. The van der Waals surface area contributed by atoms with Crippen LogP contribution in [0.5, 0.6) is 0 Å². The van der Waals surface area contributed by atoms with E-state index in [0.29, 0.717) is 12.0 Å². The van der Waals surface area contributed by atoms with Gasteiger partial charge in [0.2, 0.25) is 0 Å². The minimum Gasteiger partial charge on any atom is -0.309 e. The fourth-order valence-corrected chi connectivity index (χ4v) is 4.63. The van der Waals surface area contributed by atoms with Crippen molar-refractivity contribution >= 4 is 0 Å². The highest BCUT2D eigenvalue weighted by atomic mass is 15.2. The Bertz CT molecular complexity index is 634. The molecule has 2 aromatic rings. The number of nitrogens with one attached hydrogen (secondary N) is 1. The fourth-order valence-electron chi connectivity index (χ4n) is 4.63. The molecule has 25 heavy (non-hydrogen) atoms. The first kappa shape index (κ1) is 16.8. The maximum atomic E-state index is 4.04. The second-order valence-corrected chi connectivity index (χ2v) is 7.80. The van der Waals surface area contributed by atoms with Crippen LogP contribution in [0.1, 0.15) is 49.1 Å². The molecule has 1 saturated carbocycles. The van der Waals surface area contributed by atoms with Gasteiger partial charge in [-0.1, -0.05) is 79.9 Å². The summed E-state index contributed by atoms with van der Waals surface area (Å²) in [4.78, 5) is 2.63. The van der Waals surface area contributed by atoms with E-state index in [1.165, 1.54) is 43.2 Å². The lowest BCUT2D eigenvalue weighted by Gasteiger charge is -2.29. The molecule has 1 N–H and O–H groups in total. The lowest BCUT2D eigenvalue weighted by molar-refractivity contribution is 0.298. The average molecular weight is 335 g/mol. The Hall–Kier alpha value is -1.64. The molecule has 0 amide bonds. The number of hydrogen-bond donors (Lipinski definition) is 1. The summed E-state index contributed by atoms with van der Waals surface area (Å²) < 4.78 is 0. The van der Waals surface area contributed by atoms with E-state index < -0.39 is 0 Å². The monoisotopic (exact) mass is 334 g/mol. The van der Waals surface area contributed by atoms with E-state index in [-0.39, 0.29) is 0 Å². The molecule has 132 valence electrons. The zero-order valence-corrected chi connectivity index (χ0v) is 15.1. The summed E-state index contributed by atoms with van der Waals surface area (Å²) in [7, 11) is 0. The van der Waals surface area contributed by atoms with E-state index in [0.717, 1.165) is 25.7 Å². The summed E-state index contributed by atoms with van der Waals surface area (Å²) in [6.45, 7) is 3.38. The van der Waals surface area contributed by atoms with E-state index in [4.69, 9.17) is 0 Å². The Morgan fingerprint density at radius 2 is 1.48 bits per heavy atom. The number of rotatable bonds is 5. The minimum absolute atomic E-state index is 0.578. The van der Waals surface area contributed by atoms with Gasteiger partial charge in [0.1, 0.15) is 0 Å². The fraction of sp³-hybridized carbons (Fsp3) is 0.478. The Balaban J connectivity index is 1.47. The first-order valence-corrected chi connectivity index (χ1v) is 9.96. The summed E-state index contributed by atoms with van der Waals surface area (Å²) in [5.74, 6) is 0.604. The first-order valence-electron chi connectivity index (χ1n) is 9.96. The Labute approximate surface area is 152 Å². The largest absolute Gasteiger partial charge is 0.309 e. The van der Waals surface area contributed by atoms with Crippen molar-refractivity contribution in [1.29, 1.82) is 0 Å². The molecule has 2 nitrogen and oxygen atoms in total. The molecule has 1 heterocycles. The van der Waals surface area contributed by atoms with E-state index in [1.54, 1.807) is 0 Å². The highest BCUT2D eigenvalue weighted by Crippen LogP contribution is 2.30. The summed E-state index contributed by atoms with van der Waals surface area (Å²) in [5.41, 5.74) is 2.92. The second-order valence-electron chi connectivity index (χ2n) is 7.80. The van der Waals surface area contributed by atoms with Crippen molar-refractivity contribution in [2.45, 2.75) is 56.7 Å². The molecule has 4 rings (SSSR count). The molecule has 2 atom stereocenters. The highest BCUT2D eigenvalue weighted by Gasteiger charge is 2.34. The van der Waals surface area contributed by atoms with Crippen LogP contribution in [-0.2, 0) is 6.54 Å². The van der Waals surface area contributed by atoms with Gasteiger partial charge >= 0.3 is 0 Å². The van der Waals surface area contributed by atoms with Gasteiger partial charge < -0.3 is 5.32 Å². The number of hydrogen-bond acceptors (Lipinski definition) is 2. The zero-order valence-electron chi connectivity index (χ0n) is 15.1. The predicted molar refractivity (Wildman–Crippen MR) is 105 cm³/mol. The normalized spacial score (nSPS) is 25.3. The van der Waals surface area contributed by atoms with E-state index in [1.807, 2.05) is 0 Å². The van der Waals surface area contributed by atoms with Crippen LogP contribution in [0.25, 0.3) is 0 Å². The molecule has 1 saturated heterocycles. The average Bonchev–Trinajstić information content (AvgIpc) is 3.06. The van der Waals surface area contributed by atoms with Crippen LogP contribution in [0.4, 0.5) is 0 Å². The molecule has 0 unspecified atom stereocenters. The lowest BCUT2D eigenvalue weighted by atomic mass is 9.90. The maximum absolute atomic E-state index is 4.04. The van der Waals surface area contributed by atoms with Crippen molar-refractivity contribution in [2.24, 2.45) is 0 Å². The third-order valence-electron chi connectivity index (χ3n) is 5.93. The van der Waals surface area contributed by atoms with Crippen LogP contribution < -0.4 is 5.32 Å². The van der Waals surface area contributed by atoms with Gasteiger partial charge in [-0.15, -0.1) is 0 Å². The SMILES string of the molecule is c1ccc(CN2C[C@H](NC3CCCCC3)[C@H](c3ccccc3)C2)cc1. The van der Waals surface area contributed by atoms with Crippen LogP contribution >= 0.6 is 0 Å². The molecule has 1 aliphatic heterocycles. The maximum Gasteiger partial charge on any atom is 0.0278 e. The van der Waals surface area contributed by atoms with Crippen molar-refractivity contribution < 1.29 is 0 Å². The van der Waals surface area contributed by atoms with Gasteiger partial charge in [-0.3, -0.25) is 4.90 Å². The van der Waals surface area contributed by atoms with Gasteiger partial charge in [-0.05, 0) is 24.0 Å². The smallest absolute Gasteiger partial charge is 0.0278 e. The van der Waals surface area contributed by atoms with Gasteiger partial charge in [-0.25, -0.2) is 0 Å². The molecule has 1 aliphatic carbocycles. The van der Waals surface area contributed by atoms with E-state index in [9.17, 15) is 0 Å². The Morgan fingerprint density at radius 1 is 0.800 bits per heavy atom. The number of likely N-dealkylation sites (tertiary alicyclic amines) is 1. The van der Waals surface area contributed by atoms with Gasteiger partial charge in [0, 0.05) is 37.6 Å². The topological polar surface area (TPSA) is 15.3 Å². The molecule has 2 heteroatoms. The number of benzene rings is 2. The van der Waals surface area contributed by atoms with Crippen LogP contribution in [0.2, 0.25) is 0 Å². The summed E-state index contributed by atoms with van der Waals surface area (Å²) in [6.07, 6.45) is 6.93. The van der Waals surface area contributed by atoms with Crippen LogP contribution in [0, 0.1) is 0 Å². The standard InChI is InChI=1S/C23H30N2/c1-4-10-19(11-5-1)16-25-17-22(20-12-6-2-7-13-20)23(18-25)24-21-14-8-3-9-15-21/h1-2,4-7,10-13,21-24H,3,8-9,14-18H2/t22-,23-/m0/s1. The molecule has 2 aromatic carbocycles. The molecule has 0 radical (unpaired) electrons. The highest BCUT2D eigenvalue weighted by molar-refractivity contribution is 5.24. The van der Waals surface area contributed by atoms with E-state index in [2.05, 4.69) is 70.9 Å². The zero-order chi connectivity index (χ0) is 16.9. The van der Waals surface area contributed by atoms with Gasteiger partial charge in [0.05, 0.1) is 0 Å². The predicted octanol–water partition coefficient (Wildman–Crippen LogP) is 4.58. The molecular weight excluding hydrogens is 304 g/mol. The molecule has 2 aliphatic rings. The van der Waals surface area contributed by atoms with Crippen molar-refractivity contribution in [2.75, 3.05) is 13.1 Å². The number of nitrogens with zero attached hydrogens (tertiary/aromatic N) is 1. The lowest BCUT2D eigenvalue weighted by Crippen LogP contribution is -2.43. The second kappa shape index (κ2) is 8.16. The summed E-state index contributed by atoms with van der Waals surface area (Å²) in [6, 6.07) is 23.3. The third kappa shape index (κ3) is 4.31. The van der Waals surface area contributed by atoms with Crippen LogP contribution in [0.3, 0.4) is 0 Å². The molecule has 2 fully saturated rings. The van der Waals surface area contributed by atoms with Crippen molar-refractivity contribution in [3.05, 3.63) is 71.8 Å². The van der Waals surface area contributed by atoms with Crippen molar-refractivity contribution in [1.82, 2.24) is 10.2 Å². The van der Waals surface area contributed by atoms with Crippen LogP contribution in [0.15, 0.2) is 60.7 Å². The summed E-state index contributed by atoms with van der Waals surface area (Å²) >= 11 is 0. The van der Waals surface area contributed by atoms with Gasteiger partial charge in [0.25, 0.3) is 0 Å². The quantitative estimate of drug-likeness (QED) is 0.861. The molecule has 0 aromatic heterocycles. The minimum atomic E-state index is 0.578. The van der Waals surface area contributed by atoms with Gasteiger partial charge in [-0.2, -0.15) is 0 Å². The first-order chi connectivity index (χ1) is 12.4. The van der Waals surface area contributed by atoms with Crippen molar-refractivity contribution in [3.8, 4) is 0 Å². The molecular formula is C23H30N2. The van der Waals surface area contributed by atoms with Crippen LogP contribution in [-0.4, -0.2) is 30.1 Å². The van der Waals surface area contributed by atoms with Crippen molar-refractivity contribution in [3.63, 3.8) is 0 Å².